The molecule has 0 aliphatic carbocycles. The van der Waals surface area contributed by atoms with Crippen LogP contribution in [-0.4, -0.2) is 24.3 Å². The van der Waals surface area contributed by atoms with Gasteiger partial charge in [-0.1, -0.05) is 60.7 Å². The first-order chi connectivity index (χ1) is 14.5. The van der Waals surface area contributed by atoms with Crippen molar-refractivity contribution in [3.63, 3.8) is 0 Å². The van der Waals surface area contributed by atoms with Gasteiger partial charge in [-0.05, 0) is 30.7 Å². The summed E-state index contributed by atoms with van der Waals surface area (Å²) in [7, 11) is 0. The summed E-state index contributed by atoms with van der Waals surface area (Å²) >= 11 is 0. The molecule has 0 radical (unpaired) electrons. The summed E-state index contributed by atoms with van der Waals surface area (Å²) in [4.78, 5) is 37.4. The van der Waals surface area contributed by atoms with Crippen LogP contribution in [0.1, 0.15) is 44.8 Å². The van der Waals surface area contributed by atoms with Gasteiger partial charge in [0.15, 0.2) is 12.4 Å². The number of halogens is 1. The van der Waals surface area contributed by atoms with Crippen LogP contribution < -0.4 is 5.32 Å². The van der Waals surface area contributed by atoms with Crippen LogP contribution in [0.2, 0.25) is 0 Å². The highest BCUT2D eigenvalue weighted by Crippen LogP contribution is 2.16. The molecular weight excluding hydrogens is 385 g/mol. The van der Waals surface area contributed by atoms with Crippen molar-refractivity contribution in [3.8, 4) is 0 Å². The molecule has 1 atom stereocenters. The third-order valence-corrected chi connectivity index (χ3v) is 4.51. The van der Waals surface area contributed by atoms with Crippen LogP contribution in [0.3, 0.4) is 0 Å². The van der Waals surface area contributed by atoms with E-state index in [4.69, 9.17) is 4.74 Å². The molecule has 0 aliphatic heterocycles. The molecular formula is C24H20FNO4. The fourth-order valence-corrected chi connectivity index (χ4v) is 2.93. The maximum atomic E-state index is 13.0. The van der Waals surface area contributed by atoms with E-state index in [2.05, 4.69) is 5.32 Å². The fraction of sp³-hybridized carbons (Fsp3) is 0.125. The second-order valence-electron chi connectivity index (χ2n) is 6.66. The van der Waals surface area contributed by atoms with E-state index in [1.165, 1.54) is 18.2 Å². The molecule has 30 heavy (non-hydrogen) atoms. The fourth-order valence-electron chi connectivity index (χ4n) is 2.93. The van der Waals surface area contributed by atoms with Gasteiger partial charge in [0.2, 0.25) is 0 Å². The lowest BCUT2D eigenvalue weighted by Crippen LogP contribution is -2.31. The predicted molar refractivity (Wildman–Crippen MR) is 110 cm³/mol. The molecule has 1 unspecified atom stereocenters. The summed E-state index contributed by atoms with van der Waals surface area (Å²) in [6.07, 6.45) is 0. The summed E-state index contributed by atoms with van der Waals surface area (Å²) in [6, 6.07) is 20.3. The summed E-state index contributed by atoms with van der Waals surface area (Å²) in [5.74, 6) is -1.95. The van der Waals surface area contributed by atoms with Crippen molar-refractivity contribution in [1.82, 2.24) is 5.32 Å². The van der Waals surface area contributed by atoms with Crippen molar-refractivity contribution >= 4 is 17.7 Å². The molecule has 0 fully saturated rings. The minimum atomic E-state index is -0.764. The van der Waals surface area contributed by atoms with Gasteiger partial charge in [-0.15, -0.1) is 0 Å². The van der Waals surface area contributed by atoms with E-state index in [-0.39, 0.29) is 28.8 Å². The average molecular weight is 405 g/mol. The lowest BCUT2D eigenvalue weighted by atomic mass is 9.98. The monoisotopic (exact) mass is 405 g/mol. The van der Waals surface area contributed by atoms with Crippen LogP contribution in [0.25, 0.3) is 0 Å². The molecule has 0 saturated carbocycles. The molecule has 0 aromatic heterocycles. The number of rotatable bonds is 7. The second-order valence-corrected chi connectivity index (χ2v) is 6.66. The number of ketones is 1. The minimum absolute atomic E-state index is 0.0886. The largest absolute Gasteiger partial charge is 0.452 e. The molecule has 3 rings (SSSR count). The number of carbonyl (C=O) groups excluding carboxylic acids is 3. The molecule has 6 heteroatoms. The summed E-state index contributed by atoms with van der Waals surface area (Å²) in [5, 5.41) is 2.68. The summed E-state index contributed by atoms with van der Waals surface area (Å²) < 4.78 is 18.1. The lowest BCUT2D eigenvalue weighted by molar-refractivity contribution is -0.124. The molecule has 3 aromatic carbocycles. The van der Waals surface area contributed by atoms with Crippen LogP contribution in [0.4, 0.5) is 4.39 Å². The lowest BCUT2D eigenvalue weighted by Gasteiger charge is -2.15. The standard InChI is InChI=1S/C24H20FNO4/c1-16(17-11-13-19(25)14-12-17)26-22(27)15-30-24(29)21-10-6-5-9-20(21)23(28)18-7-3-2-4-8-18/h2-14,16H,15H2,1H3,(H,26,27). The summed E-state index contributed by atoms with van der Waals surface area (Å²) in [5.41, 5.74) is 1.46. The Kier molecular flexibility index (Phi) is 6.70. The Hall–Kier alpha value is -3.80. The van der Waals surface area contributed by atoms with Crippen LogP contribution >= 0.6 is 0 Å². The van der Waals surface area contributed by atoms with Crippen LogP contribution in [0, 0.1) is 5.82 Å². The molecule has 5 nitrogen and oxygen atoms in total. The van der Waals surface area contributed by atoms with Gasteiger partial charge in [-0.3, -0.25) is 9.59 Å². The molecule has 0 aliphatic rings. The van der Waals surface area contributed by atoms with E-state index >= 15 is 0 Å². The maximum absolute atomic E-state index is 13.0. The quantitative estimate of drug-likeness (QED) is 0.475. The highest BCUT2D eigenvalue weighted by atomic mass is 19.1. The van der Waals surface area contributed by atoms with Crippen molar-refractivity contribution in [2.45, 2.75) is 13.0 Å². The average Bonchev–Trinajstić information content (AvgIpc) is 2.78. The first-order valence-corrected chi connectivity index (χ1v) is 9.36. The van der Waals surface area contributed by atoms with E-state index in [9.17, 15) is 18.8 Å². The zero-order chi connectivity index (χ0) is 21.5. The smallest absolute Gasteiger partial charge is 0.339 e. The Morgan fingerprint density at radius 3 is 2.13 bits per heavy atom. The van der Waals surface area contributed by atoms with Crippen LogP contribution in [0.15, 0.2) is 78.9 Å². The highest BCUT2D eigenvalue weighted by molar-refractivity contribution is 6.14. The normalized spacial score (nSPS) is 11.4. The Labute approximate surface area is 173 Å². The van der Waals surface area contributed by atoms with Crippen LogP contribution in [0.5, 0.6) is 0 Å². The highest BCUT2D eigenvalue weighted by Gasteiger charge is 2.20. The first-order valence-electron chi connectivity index (χ1n) is 9.36. The Bertz CT molecular complexity index is 1050. The Morgan fingerprint density at radius 1 is 0.867 bits per heavy atom. The number of carbonyl (C=O) groups is 3. The number of nitrogens with one attached hydrogen (secondary N) is 1. The number of esters is 1. The van der Waals surface area contributed by atoms with E-state index < -0.39 is 18.5 Å². The van der Waals surface area contributed by atoms with Gasteiger partial charge in [0, 0.05) is 11.1 Å². The van der Waals surface area contributed by atoms with Crippen molar-refractivity contribution in [2.24, 2.45) is 0 Å². The second kappa shape index (κ2) is 9.60. The summed E-state index contributed by atoms with van der Waals surface area (Å²) in [6.45, 7) is 1.24. The SMILES string of the molecule is CC(NC(=O)COC(=O)c1ccccc1C(=O)c1ccccc1)c1ccc(F)cc1. The van der Waals surface area contributed by atoms with Gasteiger partial charge in [0.1, 0.15) is 5.82 Å². The third kappa shape index (κ3) is 5.17. The third-order valence-electron chi connectivity index (χ3n) is 4.51. The van der Waals surface area contributed by atoms with Gasteiger partial charge in [0.25, 0.3) is 5.91 Å². The zero-order valence-corrected chi connectivity index (χ0v) is 16.3. The molecule has 1 N–H and O–H groups in total. The van der Waals surface area contributed by atoms with Gasteiger partial charge >= 0.3 is 5.97 Å². The maximum Gasteiger partial charge on any atom is 0.339 e. The molecule has 1 amide bonds. The number of ether oxygens (including phenoxy) is 1. The number of amides is 1. The number of hydrogen-bond donors (Lipinski definition) is 1. The number of benzene rings is 3. The molecule has 0 bridgehead atoms. The van der Waals surface area contributed by atoms with E-state index in [0.717, 1.165) is 5.56 Å². The Balaban J connectivity index is 1.63. The van der Waals surface area contributed by atoms with Crippen molar-refractivity contribution < 1.29 is 23.5 Å². The molecule has 0 spiro atoms. The topological polar surface area (TPSA) is 72.5 Å². The first kappa shape index (κ1) is 20.9. The van der Waals surface area contributed by atoms with Gasteiger partial charge in [-0.2, -0.15) is 0 Å². The van der Waals surface area contributed by atoms with Crippen molar-refractivity contribution in [1.29, 1.82) is 0 Å². The molecule has 0 heterocycles. The van der Waals surface area contributed by atoms with Crippen molar-refractivity contribution in [3.05, 3.63) is 107 Å². The van der Waals surface area contributed by atoms with Crippen molar-refractivity contribution in [2.75, 3.05) is 6.61 Å². The van der Waals surface area contributed by atoms with Gasteiger partial charge in [-0.25, -0.2) is 9.18 Å². The van der Waals surface area contributed by atoms with E-state index in [1.807, 2.05) is 0 Å². The van der Waals surface area contributed by atoms with Crippen LogP contribution in [-0.2, 0) is 9.53 Å². The van der Waals surface area contributed by atoms with E-state index in [1.54, 1.807) is 67.6 Å². The molecule has 152 valence electrons. The Morgan fingerprint density at radius 2 is 1.47 bits per heavy atom. The van der Waals surface area contributed by atoms with Gasteiger partial charge < -0.3 is 10.1 Å². The predicted octanol–water partition coefficient (Wildman–Crippen LogP) is 4.09. The number of hydrogen-bond acceptors (Lipinski definition) is 4. The molecule has 0 saturated heterocycles. The van der Waals surface area contributed by atoms with Gasteiger partial charge in [0.05, 0.1) is 11.6 Å². The van der Waals surface area contributed by atoms with E-state index in [0.29, 0.717) is 5.56 Å². The minimum Gasteiger partial charge on any atom is -0.452 e. The zero-order valence-electron chi connectivity index (χ0n) is 16.3. The molecule has 3 aromatic rings.